The quantitative estimate of drug-likeness (QED) is 0.494. The minimum atomic E-state index is 0.656. The van der Waals surface area contributed by atoms with Gasteiger partial charge in [-0.05, 0) is 25.6 Å². The first kappa shape index (κ1) is 15.8. The van der Waals surface area contributed by atoms with E-state index in [0.29, 0.717) is 18.7 Å². The van der Waals surface area contributed by atoms with Crippen LogP contribution in [0.5, 0.6) is 5.75 Å². The van der Waals surface area contributed by atoms with Crippen molar-refractivity contribution in [3.05, 3.63) is 29.8 Å². The number of oxime groups is 1. The van der Waals surface area contributed by atoms with Crippen molar-refractivity contribution in [3.63, 3.8) is 0 Å². The average molecular weight is 291 g/mol. The van der Waals surface area contributed by atoms with Gasteiger partial charge in [-0.25, -0.2) is 0 Å². The highest BCUT2D eigenvalue weighted by Crippen LogP contribution is 2.20. The van der Waals surface area contributed by atoms with Crippen molar-refractivity contribution in [3.8, 4) is 5.75 Å². The Morgan fingerprint density at radius 3 is 2.62 bits per heavy atom. The molecule has 5 nitrogen and oxygen atoms in total. The van der Waals surface area contributed by atoms with E-state index in [9.17, 15) is 0 Å². The van der Waals surface area contributed by atoms with E-state index in [2.05, 4.69) is 22.0 Å². The van der Waals surface area contributed by atoms with Crippen LogP contribution in [0.25, 0.3) is 0 Å². The van der Waals surface area contributed by atoms with Gasteiger partial charge in [-0.3, -0.25) is 4.90 Å². The number of piperazine rings is 1. The van der Waals surface area contributed by atoms with Crippen LogP contribution in [-0.4, -0.2) is 67.1 Å². The number of hydrogen-bond acceptors (Lipinski definition) is 5. The van der Waals surface area contributed by atoms with E-state index in [0.717, 1.165) is 44.0 Å². The molecule has 1 aliphatic rings. The molecule has 1 aliphatic heterocycles. The van der Waals surface area contributed by atoms with E-state index in [1.54, 1.807) is 0 Å². The molecule has 0 unspecified atom stereocenters. The second-order valence-corrected chi connectivity index (χ2v) is 5.39. The second-order valence-electron chi connectivity index (χ2n) is 5.39. The minimum absolute atomic E-state index is 0.656. The van der Waals surface area contributed by atoms with Crippen LogP contribution in [0.2, 0.25) is 0 Å². The van der Waals surface area contributed by atoms with Gasteiger partial charge in [0, 0.05) is 38.3 Å². The predicted molar refractivity (Wildman–Crippen MR) is 84.5 cm³/mol. The molecule has 1 aromatic carbocycles. The Morgan fingerprint density at radius 2 is 1.95 bits per heavy atom. The summed E-state index contributed by atoms with van der Waals surface area (Å²) in [5.41, 5.74) is 1.53. The third-order valence-corrected chi connectivity index (χ3v) is 3.91. The SMILES string of the molecule is CC/C(=N/O)c1ccccc1OCCN1CCN(C)CC1. The zero-order valence-electron chi connectivity index (χ0n) is 13.0. The van der Waals surface area contributed by atoms with Crippen molar-refractivity contribution >= 4 is 5.71 Å². The molecule has 1 fully saturated rings. The van der Waals surface area contributed by atoms with Gasteiger partial charge >= 0.3 is 0 Å². The van der Waals surface area contributed by atoms with Gasteiger partial charge in [0.25, 0.3) is 0 Å². The first-order valence-corrected chi connectivity index (χ1v) is 7.58. The number of hydrogen-bond donors (Lipinski definition) is 1. The van der Waals surface area contributed by atoms with Gasteiger partial charge in [-0.2, -0.15) is 0 Å². The molecule has 0 aromatic heterocycles. The third-order valence-electron chi connectivity index (χ3n) is 3.91. The summed E-state index contributed by atoms with van der Waals surface area (Å²) < 4.78 is 5.90. The van der Waals surface area contributed by atoms with Crippen molar-refractivity contribution in [2.45, 2.75) is 13.3 Å². The molecule has 2 rings (SSSR count). The largest absolute Gasteiger partial charge is 0.492 e. The molecule has 1 aromatic rings. The average Bonchev–Trinajstić information content (AvgIpc) is 2.52. The summed E-state index contributed by atoms with van der Waals surface area (Å²) >= 11 is 0. The Hall–Kier alpha value is -1.59. The molecule has 0 spiro atoms. The fourth-order valence-electron chi connectivity index (χ4n) is 2.50. The van der Waals surface area contributed by atoms with E-state index in [1.807, 2.05) is 31.2 Å². The fraction of sp³-hybridized carbons (Fsp3) is 0.562. The topological polar surface area (TPSA) is 48.3 Å². The van der Waals surface area contributed by atoms with Crippen molar-refractivity contribution in [2.75, 3.05) is 46.4 Å². The summed E-state index contributed by atoms with van der Waals surface area (Å²) in [5.74, 6) is 0.793. The van der Waals surface area contributed by atoms with E-state index < -0.39 is 0 Å². The number of nitrogens with zero attached hydrogens (tertiary/aromatic N) is 3. The highest BCUT2D eigenvalue weighted by atomic mass is 16.5. The highest BCUT2D eigenvalue weighted by molar-refractivity contribution is 6.02. The molecule has 0 atom stereocenters. The van der Waals surface area contributed by atoms with Crippen LogP contribution in [0.15, 0.2) is 29.4 Å². The van der Waals surface area contributed by atoms with E-state index in [-0.39, 0.29) is 0 Å². The van der Waals surface area contributed by atoms with Gasteiger partial charge in [0.1, 0.15) is 12.4 Å². The smallest absolute Gasteiger partial charge is 0.128 e. The van der Waals surface area contributed by atoms with Crippen LogP contribution in [0.3, 0.4) is 0 Å². The van der Waals surface area contributed by atoms with Crippen LogP contribution in [-0.2, 0) is 0 Å². The van der Waals surface area contributed by atoms with Crippen LogP contribution < -0.4 is 4.74 Å². The lowest BCUT2D eigenvalue weighted by Gasteiger charge is -2.32. The number of ether oxygens (including phenoxy) is 1. The van der Waals surface area contributed by atoms with Crippen molar-refractivity contribution in [2.24, 2.45) is 5.16 Å². The minimum Gasteiger partial charge on any atom is -0.492 e. The normalized spacial score (nSPS) is 17.9. The molecule has 1 saturated heterocycles. The second kappa shape index (κ2) is 8.00. The lowest BCUT2D eigenvalue weighted by molar-refractivity contribution is 0.133. The predicted octanol–water partition coefficient (Wildman–Crippen LogP) is 1.90. The molecular formula is C16H25N3O2. The van der Waals surface area contributed by atoms with Crippen LogP contribution in [0.1, 0.15) is 18.9 Å². The number of para-hydroxylation sites is 1. The molecule has 0 radical (unpaired) electrons. The molecular weight excluding hydrogens is 266 g/mol. The van der Waals surface area contributed by atoms with Gasteiger partial charge in [0.2, 0.25) is 0 Å². The zero-order chi connectivity index (χ0) is 15.1. The maximum Gasteiger partial charge on any atom is 0.128 e. The Balaban J connectivity index is 1.88. The van der Waals surface area contributed by atoms with Crippen LogP contribution in [0.4, 0.5) is 0 Å². The van der Waals surface area contributed by atoms with Crippen molar-refractivity contribution < 1.29 is 9.94 Å². The van der Waals surface area contributed by atoms with Gasteiger partial charge in [0.05, 0.1) is 5.71 Å². The summed E-state index contributed by atoms with van der Waals surface area (Å²) in [7, 11) is 2.16. The van der Waals surface area contributed by atoms with Crippen LogP contribution in [0, 0.1) is 0 Å². The Kier molecular flexibility index (Phi) is 6.02. The fourth-order valence-corrected chi connectivity index (χ4v) is 2.50. The summed E-state index contributed by atoms with van der Waals surface area (Å²) in [5, 5.41) is 12.4. The summed E-state index contributed by atoms with van der Waals surface area (Å²) in [6.07, 6.45) is 0.676. The van der Waals surface area contributed by atoms with Crippen molar-refractivity contribution in [1.29, 1.82) is 0 Å². The molecule has 1 N–H and O–H groups in total. The molecule has 0 aliphatic carbocycles. The lowest BCUT2D eigenvalue weighted by atomic mass is 10.1. The molecule has 0 amide bonds. The highest BCUT2D eigenvalue weighted by Gasteiger charge is 2.14. The number of rotatable bonds is 6. The number of likely N-dealkylation sites (N-methyl/N-ethyl adjacent to an activating group) is 1. The van der Waals surface area contributed by atoms with Crippen molar-refractivity contribution in [1.82, 2.24) is 9.80 Å². The molecule has 5 heteroatoms. The monoisotopic (exact) mass is 291 g/mol. The van der Waals surface area contributed by atoms with E-state index in [4.69, 9.17) is 9.94 Å². The lowest BCUT2D eigenvalue weighted by Crippen LogP contribution is -2.45. The maximum absolute atomic E-state index is 9.08. The third kappa shape index (κ3) is 4.44. The molecule has 0 saturated carbocycles. The molecule has 21 heavy (non-hydrogen) atoms. The Bertz CT molecular complexity index is 468. The van der Waals surface area contributed by atoms with Gasteiger partial charge in [-0.1, -0.05) is 24.2 Å². The zero-order valence-corrected chi connectivity index (χ0v) is 13.0. The first-order valence-electron chi connectivity index (χ1n) is 7.58. The van der Waals surface area contributed by atoms with E-state index >= 15 is 0 Å². The number of benzene rings is 1. The van der Waals surface area contributed by atoms with E-state index in [1.165, 1.54) is 0 Å². The first-order chi connectivity index (χ1) is 10.2. The Labute approximate surface area is 126 Å². The van der Waals surface area contributed by atoms with Crippen LogP contribution >= 0.6 is 0 Å². The maximum atomic E-state index is 9.08. The molecule has 1 heterocycles. The standard InChI is InChI=1S/C16H25N3O2/c1-3-15(17-20)14-6-4-5-7-16(14)21-13-12-19-10-8-18(2)9-11-19/h4-7,20H,3,8-13H2,1-2H3/b17-15-. The molecule has 116 valence electrons. The summed E-state index contributed by atoms with van der Waals surface area (Å²) in [6.45, 7) is 7.99. The molecule has 0 bridgehead atoms. The summed E-state index contributed by atoms with van der Waals surface area (Å²) in [4.78, 5) is 4.77. The van der Waals surface area contributed by atoms with Gasteiger partial charge in [0.15, 0.2) is 0 Å². The Morgan fingerprint density at radius 1 is 1.24 bits per heavy atom. The van der Waals surface area contributed by atoms with Gasteiger partial charge < -0.3 is 14.8 Å². The van der Waals surface area contributed by atoms with Gasteiger partial charge in [-0.15, -0.1) is 0 Å². The summed E-state index contributed by atoms with van der Waals surface area (Å²) in [6, 6.07) is 7.74.